The van der Waals surface area contributed by atoms with Crippen molar-refractivity contribution in [3.05, 3.63) is 29.1 Å². The van der Waals surface area contributed by atoms with Gasteiger partial charge in [-0.25, -0.2) is 4.98 Å². The van der Waals surface area contributed by atoms with E-state index in [1.807, 2.05) is 19.1 Å². The van der Waals surface area contributed by atoms with Crippen LogP contribution in [0.5, 0.6) is 0 Å². The molecule has 124 valence electrons. The number of morpholine rings is 1. The fourth-order valence-electron chi connectivity index (χ4n) is 2.82. The smallest absolute Gasteiger partial charge is 0.254 e. The Bertz CT molecular complexity index is 892. The zero-order chi connectivity index (χ0) is 16.7. The van der Waals surface area contributed by atoms with Crippen LogP contribution in [0.1, 0.15) is 27.8 Å². The fraction of sp³-hybridized carbons (Fsp3) is 0.357. The van der Waals surface area contributed by atoms with Crippen LogP contribution in [-0.2, 0) is 4.74 Å². The highest BCUT2D eigenvalue weighted by molar-refractivity contribution is 7.22. The first-order chi connectivity index (χ1) is 11.6. The summed E-state index contributed by atoms with van der Waals surface area (Å²) in [5.41, 5.74) is 8.18. The number of rotatable bonds is 2. The van der Waals surface area contributed by atoms with E-state index < -0.39 is 0 Å². The van der Waals surface area contributed by atoms with E-state index in [4.69, 9.17) is 10.5 Å². The number of hydrogen-bond acceptors (Lipinski definition) is 8. The second-order valence-electron chi connectivity index (χ2n) is 5.57. The molecule has 0 radical (unpaired) electrons. The molecule has 1 aliphatic heterocycles. The molecule has 0 aliphatic carbocycles. The summed E-state index contributed by atoms with van der Waals surface area (Å²) in [6.45, 7) is 3.27. The number of amides is 1. The van der Waals surface area contributed by atoms with Gasteiger partial charge >= 0.3 is 0 Å². The third kappa shape index (κ3) is 2.59. The van der Waals surface area contributed by atoms with Gasteiger partial charge in [-0.15, -0.1) is 10.2 Å². The number of carbonyl (C=O) groups excluding carboxylic acids is 1. The predicted molar refractivity (Wildman–Crippen MR) is 87.5 cm³/mol. The molecule has 0 spiro atoms. The van der Waals surface area contributed by atoms with E-state index in [1.54, 1.807) is 4.90 Å². The number of thiazole rings is 1. The number of aromatic nitrogens is 5. The molecule has 9 nitrogen and oxygen atoms in total. The SMILES string of the molecule is Cc1cc(C(=O)N2CCOC(c3nn[nH]n3)C2)cc2sc(N)nc12. The number of fused-ring (bicyclic) bond motifs is 1. The summed E-state index contributed by atoms with van der Waals surface area (Å²) in [7, 11) is 0. The number of aryl methyl sites for hydroxylation is 1. The van der Waals surface area contributed by atoms with Crippen LogP contribution in [0.15, 0.2) is 12.1 Å². The molecule has 1 saturated heterocycles. The van der Waals surface area contributed by atoms with Gasteiger partial charge in [0.1, 0.15) is 6.10 Å². The number of hydrogen-bond donors (Lipinski definition) is 2. The molecule has 1 unspecified atom stereocenters. The Morgan fingerprint density at radius 3 is 3.17 bits per heavy atom. The first-order valence-electron chi connectivity index (χ1n) is 7.42. The van der Waals surface area contributed by atoms with Gasteiger partial charge in [0.25, 0.3) is 5.91 Å². The maximum absolute atomic E-state index is 12.9. The molecule has 1 fully saturated rings. The van der Waals surface area contributed by atoms with Crippen LogP contribution in [0, 0.1) is 6.92 Å². The molecule has 1 atom stereocenters. The zero-order valence-electron chi connectivity index (χ0n) is 12.9. The molecule has 0 saturated carbocycles. The van der Waals surface area contributed by atoms with Crippen molar-refractivity contribution in [3.8, 4) is 0 Å². The number of ether oxygens (including phenoxy) is 1. The Morgan fingerprint density at radius 2 is 2.38 bits per heavy atom. The molecular formula is C14H15N7O2S. The molecule has 3 aromatic rings. The summed E-state index contributed by atoms with van der Waals surface area (Å²) < 4.78 is 6.55. The number of aromatic amines is 1. The Labute approximate surface area is 140 Å². The monoisotopic (exact) mass is 345 g/mol. The summed E-state index contributed by atoms with van der Waals surface area (Å²) in [5, 5.41) is 14.3. The van der Waals surface area contributed by atoms with Crippen LogP contribution < -0.4 is 5.73 Å². The van der Waals surface area contributed by atoms with Crippen LogP contribution >= 0.6 is 11.3 Å². The second kappa shape index (κ2) is 5.80. The maximum atomic E-state index is 12.9. The molecule has 10 heteroatoms. The number of carbonyl (C=O) groups is 1. The summed E-state index contributed by atoms with van der Waals surface area (Å²) in [6, 6.07) is 3.69. The molecule has 1 amide bonds. The van der Waals surface area contributed by atoms with Crippen LogP contribution in [0.3, 0.4) is 0 Å². The van der Waals surface area contributed by atoms with E-state index in [1.165, 1.54) is 11.3 Å². The standard InChI is InChI=1S/C14H15N7O2S/c1-7-4-8(5-10-11(7)16-14(15)24-10)13(22)21-2-3-23-9(6-21)12-17-19-20-18-12/h4-5,9H,2-3,6H2,1H3,(H2,15,16)(H,17,18,19,20). The molecular weight excluding hydrogens is 330 g/mol. The molecule has 3 N–H and O–H groups in total. The highest BCUT2D eigenvalue weighted by atomic mass is 32.1. The number of benzene rings is 1. The lowest BCUT2D eigenvalue weighted by Gasteiger charge is -2.31. The molecule has 4 rings (SSSR count). The number of H-pyrrole nitrogens is 1. The van der Waals surface area contributed by atoms with Crippen molar-refractivity contribution in [3.63, 3.8) is 0 Å². The predicted octanol–water partition coefficient (Wildman–Crippen LogP) is 0.914. The molecule has 24 heavy (non-hydrogen) atoms. The molecule has 1 aliphatic rings. The summed E-state index contributed by atoms with van der Waals surface area (Å²) in [5.74, 6) is 0.401. The van der Waals surface area contributed by atoms with Gasteiger partial charge in [0.05, 0.1) is 23.4 Å². The number of nitrogens with two attached hydrogens (primary N) is 1. The molecule has 1 aromatic carbocycles. The minimum absolute atomic E-state index is 0.0521. The molecule has 0 bridgehead atoms. The largest absolute Gasteiger partial charge is 0.375 e. The number of nitrogens with zero attached hydrogens (tertiary/aromatic N) is 5. The third-order valence-electron chi connectivity index (χ3n) is 3.95. The lowest BCUT2D eigenvalue weighted by Crippen LogP contribution is -2.42. The van der Waals surface area contributed by atoms with Gasteiger partial charge in [0.15, 0.2) is 5.13 Å². The minimum atomic E-state index is -0.370. The van der Waals surface area contributed by atoms with Crippen molar-refractivity contribution < 1.29 is 9.53 Å². The minimum Gasteiger partial charge on any atom is -0.375 e. The van der Waals surface area contributed by atoms with Gasteiger partial charge in [-0.1, -0.05) is 16.6 Å². The van der Waals surface area contributed by atoms with E-state index in [0.29, 0.717) is 36.2 Å². The van der Waals surface area contributed by atoms with Crippen LogP contribution in [0.2, 0.25) is 0 Å². The normalized spacial score (nSPS) is 18.2. The summed E-state index contributed by atoms with van der Waals surface area (Å²) >= 11 is 1.38. The van der Waals surface area contributed by atoms with Gasteiger partial charge < -0.3 is 15.4 Å². The third-order valence-corrected chi connectivity index (χ3v) is 4.78. The number of anilines is 1. The van der Waals surface area contributed by atoms with E-state index in [2.05, 4.69) is 25.6 Å². The Hall–Kier alpha value is -2.59. The first kappa shape index (κ1) is 15.0. The van der Waals surface area contributed by atoms with Crippen molar-refractivity contribution >= 4 is 32.6 Å². The Balaban J connectivity index is 1.61. The number of nitrogen functional groups attached to an aromatic ring is 1. The first-order valence-corrected chi connectivity index (χ1v) is 8.24. The van der Waals surface area contributed by atoms with Crippen LogP contribution in [0.25, 0.3) is 10.2 Å². The Kier molecular flexibility index (Phi) is 3.62. The average Bonchev–Trinajstić information content (AvgIpc) is 3.23. The number of nitrogens with one attached hydrogen (secondary N) is 1. The number of tetrazole rings is 1. The van der Waals surface area contributed by atoms with Gasteiger partial charge in [-0.3, -0.25) is 4.79 Å². The zero-order valence-corrected chi connectivity index (χ0v) is 13.7. The Morgan fingerprint density at radius 1 is 1.50 bits per heavy atom. The van der Waals surface area contributed by atoms with Gasteiger partial charge in [0, 0.05) is 12.1 Å². The van der Waals surface area contributed by atoms with Crippen molar-refractivity contribution in [2.75, 3.05) is 25.4 Å². The average molecular weight is 345 g/mol. The van der Waals surface area contributed by atoms with Gasteiger partial charge in [-0.2, -0.15) is 5.21 Å². The second-order valence-corrected chi connectivity index (χ2v) is 6.63. The maximum Gasteiger partial charge on any atom is 0.254 e. The topological polar surface area (TPSA) is 123 Å². The molecule has 3 heterocycles. The lowest BCUT2D eigenvalue weighted by atomic mass is 10.1. The van der Waals surface area contributed by atoms with Gasteiger partial charge in [0.2, 0.25) is 5.82 Å². The van der Waals surface area contributed by atoms with Crippen molar-refractivity contribution in [2.45, 2.75) is 13.0 Å². The summed E-state index contributed by atoms with van der Waals surface area (Å²) in [6.07, 6.45) is -0.370. The fourth-order valence-corrected chi connectivity index (χ4v) is 3.67. The summed E-state index contributed by atoms with van der Waals surface area (Å²) in [4.78, 5) is 18.9. The highest BCUT2D eigenvalue weighted by Gasteiger charge is 2.29. The van der Waals surface area contributed by atoms with Crippen molar-refractivity contribution in [1.82, 2.24) is 30.5 Å². The van der Waals surface area contributed by atoms with Gasteiger partial charge in [-0.05, 0) is 24.6 Å². The lowest BCUT2D eigenvalue weighted by molar-refractivity contribution is -0.0267. The van der Waals surface area contributed by atoms with Crippen LogP contribution in [-0.4, -0.2) is 56.1 Å². The highest BCUT2D eigenvalue weighted by Crippen LogP contribution is 2.29. The van der Waals surface area contributed by atoms with Crippen LogP contribution in [0.4, 0.5) is 5.13 Å². The van der Waals surface area contributed by atoms with E-state index >= 15 is 0 Å². The van der Waals surface area contributed by atoms with Crippen molar-refractivity contribution in [1.29, 1.82) is 0 Å². The molecule has 2 aromatic heterocycles. The van der Waals surface area contributed by atoms with E-state index in [9.17, 15) is 4.79 Å². The van der Waals surface area contributed by atoms with Crippen molar-refractivity contribution in [2.24, 2.45) is 0 Å². The van der Waals surface area contributed by atoms with E-state index in [0.717, 1.165) is 15.8 Å². The van der Waals surface area contributed by atoms with E-state index in [-0.39, 0.29) is 12.0 Å². The quantitative estimate of drug-likeness (QED) is 0.707.